The fourth-order valence-corrected chi connectivity index (χ4v) is 5.39. The normalized spacial score (nSPS) is 13.7. The third kappa shape index (κ3) is 5.08. The third-order valence-electron chi connectivity index (χ3n) is 5.91. The van der Waals surface area contributed by atoms with E-state index in [0.717, 1.165) is 46.4 Å². The van der Waals surface area contributed by atoms with Crippen molar-refractivity contribution in [2.24, 2.45) is 10.2 Å². The van der Waals surface area contributed by atoms with Crippen LogP contribution in [0.15, 0.2) is 89.1 Å². The van der Waals surface area contributed by atoms with E-state index < -0.39 is 15.5 Å². The van der Waals surface area contributed by atoms with E-state index in [1.165, 1.54) is 23.5 Å². The summed E-state index contributed by atoms with van der Waals surface area (Å²) < 4.78 is 5.57. The zero-order valence-corrected chi connectivity index (χ0v) is 20.3. The number of ether oxygens (including phenoxy) is 1. The number of nitrogens with zero attached hydrogens (tertiary/aromatic N) is 5. The molecule has 1 saturated heterocycles. The van der Waals surface area contributed by atoms with Gasteiger partial charge in [-0.2, -0.15) is 0 Å². The quantitative estimate of drug-likeness (QED) is 0.146. The first-order valence-electron chi connectivity index (χ1n) is 11.5. The molecule has 0 aliphatic carbocycles. The van der Waals surface area contributed by atoms with E-state index in [1.54, 1.807) is 0 Å². The lowest BCUT2D eigenvalue weighted by atomic mass is 9.97. The van der Waals surface area contributed by atoms with Crippen LogP contribution in [0.3, 0.4) is 0 Å². The Morgan fingerprint density at radius 2 is 1.41 bits per heavy atom. The van der Waals surface area contributed by atoms with Crippen molar-refractivity contribution in [3.8, 4) is 22.3 Å². The highest BCUT2D eigenvalue weighted by atomic mass is 32.1. The molecule has 4 aromatic rings. The van der Waals surface area contributed by atoms with Crippen molar-refractivity contribution in [1.29, 1.82) is 0 Å². The predicted molar refractivity (Wildman–Crippen MR) is 142 cm³/mol. The molecule has 0 bridgehead atoms. The van der Waals surface area contributed by atoms with Gasteiger partial charge in [-0.3, -0.25) is 20.2 Å². The summed E-state index contributed by atoms with van der Waals surface area (Å²) in [4.78, 5) is 23.6. The molecule has 0 saturated carbocycles. The number of benzene rings is 3. The van der Waals surface area contributed by atoms with Crippen molar-refractivity contribution in [2.75, 3.05) is 31.2 Å². The van der Waals surface area contributed by atoms with Gasteiger partial charge in [0.2, 0.25) is 0 Å². The molecule has 10 nitrogen and oxygen atoms in total. The van der Waals surface area contributed by atoms with Crippen molar-refractivity contribution < 1.29 is 14.6 Å². The number of anilines is 1. The Bertz CT molecular complexity index is 1470. The van der Waals surface area contributed by atoms with Gasteiger partial charge in [0.1, 0.15) is 10.0 Å². The van der Waals surface area contributed by atoms with Gasteiger partial charge in [-0.05, 0) is 17.2 Å². The van der Waals surface area contributed by atoms with Crippen LogP contribution in [0.25, 0.3) is 22.3 Å². The molecule has 5 rings (SSSR count). The van der Waals surface area contributed by atoms with Gasteiger partial charge in [0.15, 0.2) is 5.69 Å². The fraction of sp³-hybridized carbons (Fsp3) is 0.154. The first kappa shape index (κ1) is 24.2. The second-order valence-corrected chi connectivity index (χ2v) is 9.16. The lowest BCUT2D eigenvalue weighted by molar-refractivity contribution is -0.393. The number of nitro groups is 2. The molecule has 1 aliphatic heterocycles. The van der Waals surface area contributed by atoms with Crippen molar-refractivity contribution in [2.45, 2.75) is 0 Å². The molecule has 0 unspecified atom stereocenters. The first-order chi connectivity index (χ1) is 18.0. The zero-order chi connectivity index (χ0) is 25.8. The van der Waals surface area contributed by atoms with E-state index in [-0.39, 0.29) is 11.4 Å². The number of hydrogen-bond acceptors (Lipinski definition) is 9. The summed E-state index contributed by atoms with van der Waals surface area (Å²) in [7, 11) is 0. The highest BCUT2D eigenvalue weighted by Crippen LogP contribution is 2.53. The molecule has 3 aromatic carbocycles. The van der Waals surface area contributed by atoms with Gasteiger partial charge in [-0.15, -0.1) is 10.2 Å². The van der Waals surface area contributed by atoms with Crippen LogP contribution in [0.4, 0.5) is 27.1 Å². The molecule has 0 spiro atoms. The Morgan fingerprint density at radius 3 is 2.00 bits per heavy atom. The number of azo groups is 1. The summed E-state index contributed by atoms with van der Waals surface area (Å²) in [6.45, 7) is 2.66. The largest absolute Gasteiger partial charge is 0.378 e. The summed E-state index contributed by atoms with van der Waals surface area (Å²) in [5.74, 6) is 0. The standard InChI is InChI=1S/C26H21N5O5S/c32-30(33)20-11-12-21(22(17-20)31(34)35)27-28-25-23(18-7-3-1-4-8-18)24(19-9-5-2-6-10-19)26(37-25)29-13-15-36-16-14-29/h1-12,17H,13-16H2. The van der Waals surface area contributed by atoms with Gasteiger partial charge < -0.3 is 9.64 Å². The molecule has 0 N–H and O–H groups in total. The van der Waals surface area contributed by atoms with Gasteiger partial charge in [0, 0.05) is 30.3 Å². The Balaban J connectivity index is 1.70. The molecule has 0 amide bonds. The maximum atomic E-state index is 11.6. The van der Waals surface area contributed by atoms with E-state index in [4.69, 9.17) is 4.74 Å². The molecule has 11 heteroatoms. The van der Waals surface area contributed by atoms with Crippen LogP contribution in [0.5, 0.6) is 0 Å². The Morgan fingerprint density at radius 1 is 0.784 bits per heavy atom. The van der Waals surface area contributed by atoms with Crippen molar-refractivity contribution in [1.82, 2.24) is 0 Å². The minimum Gasteiger partial charge on any atom is -0.378 e. The van der Waals surface area contributed by atoms with E-state index in [2.05, 4.69) is 15.1 Å². The number of morpholine rings is 1. The highest BCUT2D eigenvalue weighted by Gasteiger charge is 2.26. The van der Waals surface area contributed by atoms with Gasteiger partial charge in [-0.25, -0.2) is 0 Å². The van der Waals surface area contributed by atoms with Crippen molar-refractivity contribution >= 4 is 38.4 Å². The van der Waals surface area contributed by atoms with Crippen LogP contribution in [0.2, 0.25) is 0 Å². The van der Waals surface area contributed by atoms with Gasteiger partial charge in [0.05, 0.1) is 29.1 Å². The molecule has 0 radical (unpaired) electrons. The SMILES string of the molecule is O=[N+]([O-])c1ccc(N=Nc2sc(N3CCOCC3)c(-c3ccccc3)c2-c2ccccc2)c([N+](=O)[O-])c1. The molecule has 1 fully saturated rings. The van der Waals surface area contributed by atoms with E-state index >= 15 is 0 Å². The minimum atomic E-state index is -0.692. The predicted octanol–water partition coefficient (Wildman–Crippen LogP) is 7.15. The lowest BCUT2D eigenvalue weighted by Gasteiger charge is -2.28. The topological polar surface area (TPSA) is 123 Å². The van der Waals surface area contributed by atoms with Crippen LogP contribution in [-0.2, 0) is 4.74 Å². The van der Waals surface area contributed by atoms with E-state index in [1.807, 2.05) is 60.7 Å². The molecule has 1 aromatic heterocycles. The molecule has 2 heterocycles. The molecule has 1 aliphatic rings. The molecule has 37 heavy (non-hydrogen) atoms. The van der Waals surface area contributed by atoms with Crippen LogP contribution in [0.1, 0.15) is 0 Å². The fourth-order valence-electron chi connectivity index (χ4n) is 4.17. The minimum absolute atomic E-state index is 0.0582. The second kappa shape index (κ2) is 10.6. The van der Waals surface area contributed by atoms with Gasteiger partial charge in [0.25, 0.3) is 5.69 Å². The maximum Gasteiger partial charge on any atom is 0.303 e. The number of nitro benzene ring substituents is 2. The molecular weight excluding hydrogens is 494 g/mol. The second-order valence-electron chi connectivity index (χ2n) is 8.18. The highest BCUT2D eigenvalue weighted by molar-refractivity contribution is 7.21. The van der Waals surface area contributed by atoms with Crippen molar-refractivity contribution in [3.05, 3.63) is 99.1 Å². The van der Waals surface area contributed by atoms with Crippen LogP contribution >= 0.6 is 11.3 Å². The average molecular weight is 516 g/mol. The van der Waals surface area contributed by atoms with Crippen LogP contribution in [-0.4, -0.2) is 36.1 Å². The third-order valence-corrected chi connectivity index (χ3v) is 7.04. The summed E-state index contributed by atoms with van der Waals surface area (Å²) in [5, 5.41) is 33.0. The molecule has 0 atom stereocenters. The maximum absolute atomic E-state index is 11.6. The lowest BCUT2D eigenvalue weighted by Crippen LogP contribution is -2.35. The smallest absolute Gasteiger partial charge is 0.303 e. The molecule has 186 valence electrons. The summed E-state index contributed by atoms with van der Waals surface area (Å²) >= 11 is 1.46. The van der Waals surface area contributed by atoms with E-state index in [0.29, 0.717) is 18.2 Å². The number of hydrogen-bond donors (Lipinski definition) is 0. The number of thiophene rings is 1. The van der Waals surface area contributed by atoms with Crippen molar-refractivity contribution in [3.63, 3.8) is 0 Å². The van der Waals surface area contributed by atoms with Gasteiger partial charge in [-0.1, -0.05) is 72.0 Å². The monoisotopic (exact) mass is 515 g/mol. The zero-order valence-electron chi connectivity index (χ0n) is 19.5. The summed E-state index contributed by atoms with van der Waals surface area (Å²) in [6, 6.07) is 23.1. The van der Waals surface area contributed by atoms with E-state index in [9.17, 15) is 20.2 Å². The van der Waals surface area contributed by atoms with Gasteiger partial charge >= 0.3 is 5.69 Å². The van der Waals surface area contributed by atoms with Crippen LogP contribution in [0, 0.1) is 20.2 Å². The number of non-ortho nitro benzene ring substituents is 1. The first-order valence-corrected chi connectivity index (χ1v) is 12.3. The molecular formula is C26H21N5O5S. The Hall–Kier alpha value is -4.48. The average Bonchev–Trinajstić information content (AvgIpc) is 3.32. The van der Waals surface area contributed by atoms with Crippen LogP contribution < -0.4 is 4.90 Å². The summed E-state index contributed by atoms with van der Waals surface area (Å²) in [6.07, 6.45) is 0. The summed E-state index contributed by atoms with van der Waals surface area (Å²) in [5.41, 5.74) is 2.90. The number of rotatable bonds is 7. The Kier molecular flexibility index (Phi) is 6.97. The Labute approximate surface area is 215 Å².